The smallest absolute Gasteiger partial charge is 0.156 e. The molecule has 0 aliphatic rings. The monoisotopic (exact) mass is 398 g/mol. The third kappa shape index (κ3) is 4.54. The Kier molecular flexibility index (Phi) is 6.13. The van der Waals surface area contributed by atoms with Gasteiger partial charge in [-0.1, -0.05) is 49.7 Å². The molecule has 0 spiro atoms. The van der Waals surface area contributed by atoms with Crippen molar-refractivity contribution in [3.63, 3.8) is 0 Å². The second kappa shape index (κ2) is 9.31. The average Bonchev–Trinajstić information content (AvgIpc) is 3.09. The zero-order chi connectivity index (χ0) is 20.8. The molecule has 0 saturated heterocycles. The van der Waals surface area contributed by atoms with E-state index < -0.39 is 0 Å². The average molecular weight is 399 g/mol. The second-order valence-electron chi connectivity index (χ2n) is 7.23. The van der Waals surface area contributed by atoms with Crippen molar-refractivity contribution in [2.75, 3.05) is 11.9 Å². The normalized spacial score (nSPS) is 11.4. The Labute approximate surface area is 176 Å². The molecule has 6 heteroatoms. The van der Waals surface area contributed by atoms with E-state index in [2.05, 4.69) is 41.5 Å². The number of aryl methyl sites for hydroxylation is 2. The Balaban J connectivity index is 1.66. The van der Waals surface area contributed by atoms with Crippen LogP contribution in [0.5, 0.6) is 0 Å². The summed E-state index contributed by atoms with van der Waals surface area (Å²) in [5.74, 6) is 1.48. The van der Waals surface area contributed by atoms with E-state index in [-0.39, 0.29) is 0 Å². The third-order valence-electron chi connectivity index (χ3n) is 4.91. The molecule has 1 aromatic carbocycles. The van der Waals surface area contributed by atoms with Crippen molar-refractivity contribution in [3.05, 3.63) is 77.5 Å². The van der Waals surface area contributed by atoms with Crippen LogP contribution in [0.3, 0.4) is 0 Å². The maximum absolute atomic E-state index is 4.81. The highest BCUT2D eigenvalue weighted by Gasteiger charge is 2.16. The van der Waals surface area contributed by atoms with Crippen LogP contribution in [0.1, 0.15) is 36.0 Å². The SMILES string of the molecule is CCCc1nn(C)c2c(NCCc3ccccc3)nc(/C=C/c3cccnc3)nc12. The van der Waals surface area contributed by atoms with E-state index >= 15 is 0 Å². The van der Waals surface area contributed by atoms with Gasteiger partial charge in [0, 0.05) is 26.0 Å². The molecule has 0 amide bonds. The van der Waals surface area contributed by atoms with Crippen LogP contribution < -0.4 is 5.32 Å². The van der Waals surface area contributed by atoms with Crippen LogP contribution >= 0.6 is 0 Å². The van der Waals surface area contributed by atoms with Crippen LogP contribution in [0.4, 0.5) is 5.82 Å². The zero-order valence-corrected chi connectivity index (χ0v) is 17.4. The van der Waals surface area contributed by atoms with E-state index in [1.165, 1.54) is 5.56 Å². The number of nitrogens with zero attached hydrogens (tertiary/aromatic N) is 5. The summed E-state index contributed by atoms with van der Waals surface area (Å²) in [6.07, 6.45) is 10.3. The van der Waals surface area contributed by atoms with Gasteiger partial charge in [0.15, 0.2) is 11.6 Å². The molecule has 1 N–H and O–H groups in total. The van der Waals surface area contributed by atoms with E-state index in [1.54, 1.807) is 6.20 Å². The van der Waals surface area contributed by atoms with Gasteiger partial charge in [0.05, 0.1) is 5.69 Å². The van der Waals surface area contributed by atoms with E-state index in [0.717, 1.165) is 53.9 Å². The summed E-state index contributed by atoms with van der Waals surface area (Å²) >= 11 is 0. The summed E-state index contributed by atoms with van der Waals surface area (Å²) < 4.78 is 1.89. The van der Waals surface area contributed by atoms with Gasteiger partial charge >= 0.3 is 0 Å². The first kappa shape index (κ1) is 19.8. The topological polar surface area (TPSA) is 68.5 Å². The molecule has 3 heterocycles. The van der Waals surface area contributed by atoms with E-state index in [4.69, 9.17) is 15.1 Å². The molecule has 3 aromatic heterocycles. The van der Waals surface area contributed by atoms with Crippen LogP contribution in [-0.2, 0) is 19.9 Å². The van der Waals surface area contributed by atoms with Crippen LogP contribution in [-0.4, -0.2) is 31.3 Å². The predicted molar refractivity (Wildman–Crippen MR) is 122 cm³/mol. The summed E-state index contributed by atoms with van der Waals surface area (Å²) in [4.78, 5) is 13.8. The summed E-state index contributed by atoms with van der Waals surface area (Å²) in [5.41, 5.74) is 5.19. The molecule has 6 nitrogen and oxygen atoms in total. The van der Waals surface area contributed by atoms with Crippen LogP contribution in [0, 0.1) is 0 Å². The van der Waals surface area contributed by atoms with E-state index in [1.807, 2.05) is 48.3 Å². The first-order valence-corrected chi connectivity index (χ1v) is 10.3. The van der Waals surface area contributed by atoms with Crippen molar-refractivity contribution in [1.82, 2.24) is 24.7 Å². The van der Waals surface area contributed by atoms with Gasteiger partial charge < -0.3 is 5.32 Å². The zero-order valence-electron chi connectivity index (χ0n) is 17.4. The maximum atomic E-state index is 4.81. The summed E-state index contributed by atoms with van der Waals surface area (Å²) in [6.45, 7) is 2.94. The Morgan fingerprint density at radius 2 is 1.87 bits per heavy atom. The molecule has 0 fully saturated rings. The molecule has 0 aliphatic carbocycles. The first-order valence-electron chi connectivity index (χ1n) is 10.3. The molecule has 0 unspecified atom stereocenters. The number of nitrogens with one attached hydrogen (secondary N) is 1. The highest BCUT2D eigenvalue weighted by Crippen LogP contribution is 2.24. The fourth-order valence-corrected chi connectivity index (χ4v) is 3.48. The lowest BCUT2D eigenvalue weighted by atomic mass is 10.1. The first-order chi connectivity index (χ1) is 14.7. The van der Waals surface area contributed by atoms with Crippen molar-refractivity contribution >= 4 is 29.0 Å². The lowest BCUT2D eigenvalue weighted by molar-refractivity contribution is 0.752. The maximum Gasteiger partial charge on any atom is 0.156 e. The highest BCUT2D eigenvalue weighted by molar-refractivity contribution is 5.88. The van der Waals surface area contributed by atoms with Gasteiger partial charge in [0.1, 0.15) is 11.0 Å². The molecule has 30 heavy (non-hydrogen) atoms. The van der Waals surface area contributed by atoms with E-state index in [0.29, 0.717) is 5.82 Å². The molecular formula is C24H26N6. The largest absolute Gasteiger partial charge is 0.368 e. The summed E-state index contributed by atoms with van der Waals surface area (Å²) in [6, 6.07) is 14.4. The standard InChI is InChI=1S/C24H26N6/c1-3-8-20-22-23(30(2)29-20)24(26-16-14-18-9-5-4-6-10-18)28-21(27-22)13-12-19-11-7-15-25-17-19/h4-7,9-13,15,17H,3,8,14,16H2,1-2H3,(H,26,27,28)/b13-12+. The molecule has 0 aliphatic heterocycles. The number of pyridine rings is 1. The van der Waals surface area contributed by atoms with Gasteiger partial charge in [0.25, 0.3) is 0 Å². The van der Waals surface area contributed by atoms with Crippen molar-refractivity contribution in [3.8, 4) is 0 Å². The summed E-state index contributed by atoms with van der Waals surface area (Å²) in [7, 11) is 1.96. The van der Waals surface area contributed by atoms with Gasteiger partial charge in [-0.05, 0) is 42.2 Å². The Hall–Kier alpha value is -3.54. The second-order valence-corrected chi connectivity index (χ2v) is 7.23. The number of fused-ring (bicyclic) bond motifs is 1. The molecule has 0 radical (unpaired) electrons. The van der Waals surface area contributed by atoms with Crippen LogP contribution in [0.15, 0.2) is 54.9 Å². The van der Waals surface area contributed by atoms with Gasteiger partial charge in [0.2, 0.25) is 0 Å². The van der Waals surface area contributed by atoms with Gasteiger partial charge in [-0.3, -0.25) is 9.67 Å². The van der Waals surface area contributed by atoms with E-state index in [9.17, 15) is 0 Å². The van der Waals surface area contributed by atoms with Crippen molar-refractivity contribution < 1.29 is 0 Å². The number of anilines is 1. The molecule has 4 aromatic rings. The molecule has 0 saturated carbocycles. The number of aromatic nitrogens is 5. The molecule has 152 valence electrons. The number of benzene rings is 1. The number of hydrogen-bond acceptors (Lipinski definition) is 5. The van der Waals surface area contributed by atoms with Crippen molar-refractivity contribution in [1.29, 1.82) is 0 Å². The molecule has 0 bridgehead atoms. The highest BCUT2D eigenvalue weighted by atomic mass is 15.3. The fourth-order valence-electron chi connectivity index (χ4n) is 3.48. The number of hydrogen-bond donors (Lipinski definition) is 1. The minimum Gasteiger partial charge on any atom is -0.368 e. The van der Waals surface area contributed by atoms with Crippen molar-refractivity contribution in [2.45, 2.75) is 26.2 Å². The fraction of sp³-hybridized carbons (Fsp3) is 0.250. The predicted octanol–water partition coefficient (Wildman–Crippen LogP) is 4.54. The molecule has 0 atom stereocenters. The number of rotatable bonds is 8. The Morgan fingerprint density at radius 1 is 1.00 bits per heavy atom. The third-order valence-corrected chi connectivity index (χ3v) is 4.91. The Bertz CT molecular complexity index is 1130. The van der Waals surface area contributed by atoms with Gasteiger partial charge in [-0.25, -0.2) is 9.97 Å². The quantitative estimate of drug-likeness (QED) is 0.472. The lowest BCUT2D eigenvalue weighted by Gasteiger charge is -2.09. The van der Waals surface area contributed by atoms with Crippen molar-refractivity contribution in [2.24, 2.45) is 7.05 Å². The molecule has 4 rings (SSSR count). The van der Waals surface area contributed by atoms with Gasteiger partial charge in [-0.2, -0.15) is 5.10 Å². The van der Waals surface area contributed by atoms with Gasteiger partial charge in [-0.15, -0.1) is 0 Å². The van der Waals surface area contributed by atoms with Crippen LogP contribution in [0.2, 0.25) is 0 Å². The summed E-state index contributed by atoms with van der Waals surface area (Å²) in [5, 5.41) is 8.22. The van der Waals surface area contributed by atoms with Crippen LogP contribution in [0.25, 0.3) is 23.2 Å². The minimum absolute atomic E-state index is 0.666. The minimum atomic E-state index is 0.666. The Morgan fingerprint density at radius 3 is 2.63 bits per heavy atom. The molecular weight excluding hydrogens is 372 g/mol. The lowest BCUT2D eigenvalue weighted by Crippen LogP contribution is -2.09.